The lowest BCUT2D eigenvalue weighted by Crippen LogP contribution is -2.16. The Hall–Kier alpha value is -1.35. The van der Waals surface area contributed by atoms with Crippen molar-refractivity contribution in [3.05, 3.63) is 29.3 Å². The highest BCUT2D eigenvalue weighted by Gasteiger charge is 2.11. The number of carbonyl (C=O) groups is 1. The van der Waals surface area contributed by atoms with Crippen molar-refractivity contribution in [3.8, 4) is 0 Å². The molecule has 0 aliphatic carbocycles. The van der Waals surface area contributed by atoms with Crippen molar-refractivity contribution < 1.29 is 9.53 Å². The number of para-hydroxylation sites is 1. The first-order valence-corrected chi connectivity index (χ1v) is 6.53. The van der Waals surface area contributed by atoms with Gasteiger partial charge in [0.25, 0.3) is 0 Å². The van der Waals surface area contributed by atoms with Crippen molar-refractivity contribution in [1.29, 1.82) is 0 Å². The van der Waals surface area contributed by atoms with E-state index < -0.39 is 0 Å². The van der Waals surface area contributed by atoms with Gasteiger partial charge in [-0.15, -0.1) is 0 Å². The van der Waals surface area contributed by atoms with Crippen LogP contribution in [-0.4, -0.2) is 19.1 Å². The molecule has 0 aliphatic rings. The molecule has 0 spiro atoms. The number of carbonyl (C=O) groups excluding carboxylic acids is 1. The summed E-state index contributed by atoms with van der Waals surface area (Å²) in [5.74, 6) is 0.409. The van der Waals surface area contributed by atoms with Crippen LogP contribution in [0.4, 0.5) is 5.69 Å². The van der Waals surface area contributed by atoms with Gasteiger partial charge >= 0.3 is 0 Å². The minimum absolute atomic E-state index is 0.0136. The summed E-state index contributed by atoms with van der Waals surface area (Å²) in [4.78, 5) is 11.8. The molecule has 0 atom stereocenters. The third kappa shape index (κ3) is 4.15. The molecule has 1 aromatic carbocycles. The molecular formula is C15H23NO2. The van der Waals surface area contributed by atoms with E-state index in [2.05, 4.69) is 25.2 Å². The fourth-order valence-corrected chi connectivity index (χ4v) is 1.85. The minimum atomic E-state index is 0.0136. The van der Waals surface area contributed by atoms with Crippen LogP contribution in [0.2, 0.25) is 0 Å². The molecule has 1 aromatic rings. The zero-order valence-electron chi connectivity index (χ0n) is 11.7. The maximum absolute atomic E-state index is 11.8. The maximum atomic E-state index is 11.8. The summed E-state index contributed by atoms with van der Waals surface area (Å²) < 4.78 is 5.19. The maximum Gasteiger partial charge on any atom is 0.226 e. The topological polar surface area (TPSA) is 38.3 Å². The SMILES string of the molecule is CCOCCC(=O)Nc1c(C)cccc1C(C)C. The molecular weight excluding hydrogens is 226 g/mol. The normalized spacial score (nSPS) is 10.7. The quantitative estimate of drug-likeness (QED) is 0.784. The van der Waals surface area contributed by atoms with Crippen LogP contribution in [0.1, 0.15) is 44.2 Å². The summed E-state index contributed by atoms with van der Waals surface area (Å²) >= 11 is 0. The average molecular weight is 249 g/mol. The number of benzene rings is 1. The fourth-order valence-electron chi connectivity index (χ4n) is 1.85. The Kier molecular flexibility index (Phi) is 5.86. The molecule has 3 heteroatoms. The van der Waals surface area contributed by atoms with Crippen molar-refractivity contribution in [3.63, 3.8) is 0 Å². The van der Waals surface area contributed by atoms with E-state index in [4.69, 9.17) is 4.74 Å². The Bertz CT molecular complexity index is 399. The van der Waals surface area contributed by atoms with Crippen molar-refractivity contribution in [2.24, 2.45) is 0 Å². The molecule has 0 fully saturated rings. The molecule has 0 unspecified atom stereocenters. The van der Waals surface area contributed by atoms with Crippen LogP contribution >= 0.6 is 0 Å². The van der Waals surface area contributed by atoms with E-state index >= 15 is 0 Å². The molecule has 0 radical (unpaired) electrons. The van der Waals surface area contributed by atoms with Crippen LogP contribution in [0.25, 0.3) is 0 Å². The smallest absolute Gasteiger partial charge is 0.226 e. The number of rotatable bonds is 6. The van der Waals surface area contributed by atoms with E-state index in [1.165, 1.54) is 5.56 Å². The van der Waals surface area contributed by atoms with E-state index in [0.717, 1.165) is 11.3 Å². The highest BCUT2D eigenvalue weighted by Crippen LogP contribution is 2.27. The lowest BCUT2D eigenvalue weighted by molar-refractivity contribution is -0.117. The molecule has 0 saturated carbocycles. The van der Waals surface area contributed by atoms with Crippen LogP contribution in [0, 0.1) is 6.92 Å². The monoisotopic (exact) mass is 249 g/mol. The summed E-state index contributed by atoms with van der Waals surface area (Å²) in [6.07, 6.45) is 0.402. The molecule has 1 rings (SSSR count). The Morgan fingerprint density at radius 3 is 2.72 bits per heavy atom. The van der Waals surface area contributed by atoms with Crippen LogP contribution < -0.4 is 5.32 Å². The van der Waals surface area contributed by atoms with Crippen LogP contribution in [0.15, 0.2) is 18.2 Å². The largest absolute Gasteiger partial charge is 0.381 e. The molecule has 3 nitrogen and oxygen atoms in total. The van der Waals surface area contributed by atoms with Gasteiger partial charge in [0.2, 0.25) is 5.91 Å². The predicted octanol–water partition coefficient (Wildman–Crippen LogP) is 3.48. The van der Waals surface area contributed by atoms with Gasteiger partial charge in [0, 0.05) is 12.3 Å². The van der Waals surface area contributed by atoms with E-state index in [1.807, 2.05) is 26.0 Å². The predicted molar refractivity (Wildman–Crippen MR) is 75.0 cm³/mol. The standard InChI is InChI=1S/C15H23NO2/c1-5-18-10-9-14(17)16-15-12(4)7-6-8-13(15)11(2)3/h6-8,11H,5,9-10H2,1-4H3,(H,16,17). The number of anilines is 1. The number of amides is 1. The Balaban J connectivity index is 2.74. The average Bonchev–Trinajstić information content (AvgIpc) is 2.31. The number of hydrogen-bond donors (Lipinski definition) is 1. The summed E-state index contributed by atoms with van der Waals surface area (Å²) in [5, 5.41) is 3.00. The second kappa shape index (κ2) is 7.17. The van der Waals surface area contributed by atoms with Gasteiger partial charge in [-0.3, -0.25) is 4.79 Å². The van der Waals surface area contributed by atoms with E-state index in [1.54, 1.807) is 0 Å². The molecule has 0 heterocycles. The van der Waals surface area contributed by atoms with Crippen LogP contribution in [-0.2, 0) is 9.53 Å². The van der Waals surface area contributed by atoms with E-state index in [9.17, 15) is 4.79 Å². The highest BCUT2D eigenvalue weighted by atomic mass is 16.5. The van der Waals surface area contributed by atoms with Gasteiger partial charge in [0.15, 0.2) is 0 Å². The number of nitrogens with one attached hydrogen (secondary N) is 1. The molecule has 0 bridgehead atoms. The van der Waals surface area contributed by atoms with Gasteiger partial charge in [0.05, 0.1) is 13.0 Å². The molecule has 1 amide bonds. The first-order valence-electron chi connectivity index (χ1n) is 6.53. The summed E-state index contributed by atoms with van der Waals surface area (Å²) in [6.45, 7) is 9.33. The lowest BCUT2D eigenvalue weighted by Gasteiger charge is -2.16. The lowest BCUT2D eigenvalue weighted by atomic mass is 9.98. The second-order valence-electron chi connectivity index (χ2n) is 4.69. The number of aryl methyl sites for hydroxylation is 1. The summed E-state index contributed by atoms with van der Waals surface area (Å²) in [5.41, 5.74) is 3.24. The number of hydrogen-bond acceptors (Lipinski definition) is 2. The third-order valence-corrected chi connectivity index (χ3v) is 2.87. The molecule has 18 heavy (non-hydrogen) atoms. The van der Waals surface area contributed by atoms with Gasteiger partial charge in [-0.1, -0.05) is 32.0 Å². The zero-order chi connectivity index (χ0) is 13.5. The van der Waals surface area contributed by atoms with Crippen LogP contribution in [0.3, 0.4) is 0 Å². The second-order valence-corrected chi connectivity index (χ2v) is 4.69. The first kappa shape index (κ1) is 14.7. The first-order chi connectivity index (χ1) is 8.56. The molecule has 1 N–H and O–H groups in total. The van der Waals surface area contributed by atoms with Gasteiger partial charge in [-0.25, -0.2) is 0 Å². The van der Waals surface area contributed by atoms with Gasteiger partial charge in [-0.2, -0.15) is 0 Å². The van der Waals surface area contributed by atoms with Crippen molar-refractivity contribution in [2.75, 3.05) is 18.5 Å². The van der Waals surface area contributed by atoms with Gasteiger partial charge in [0.1, 0.15) is 0 Å². The highest BCUT2D eigenvalue weighted by molar-refractivity contribution is 5.92. The van der Waals surface area contributed by atoms with Crippen molar-refractivity contribution in [2.45, 2.75) is 40.0 Å². The Morgan fingerprint density at radius 1 is 1.39 bits per heavy atom. The molecule has 100 valence electrons. The zero-order valence-corrected chi connectivity index (χ0v) is 11.7. The third-order valence-electron chi connectivity index (χ3n) is 2.87. The van der Waals surface area contributed by atoms with Crippen molar-refractivity contribution in [1.82, 2.24) is 0 Å². The van der Waals surface area contributed by atoms with E-state index in [-0.39, 0.29) is 5.91 Å². The fraction of sp³-hybridized carbons (Fsp3) is 0.533. The summed E-state index contributed by atoms with van der Waals surface area (Å²) in [7, 11) is 0. The number of ether oxygens (including phenoxy) is 1. The molecule has 0 aliphatic heterocycles. The van der Waals surface area contributed by atoms with Gasteiger partial charge < -0.3 is 10.1 Å². The van der Waals surface area contributed by atoms with E-state index in [0.29, 0.717) is 25.6 Å². The summed E-state index contributed by atoms with van der Waals surface area (Å²) in [6, 6.07) is 6.11. The van der Waals surface area contributed by atoms with Crippen molar-refractivity contribution >= 4 is 11.6 Å². The molecule has 0 saturated heterocycles. The Morgan fingerprint density at radius 2 is 2.11 bits per heavy atom. The Labute approximate surface area is 110 Å². The molecule has 0 aromatic heterocycles. The van der Waals surface area contributed by atoms with Gasteiger partial charge in [-0.05, 0) is 30.9 Å². The minimum Gasteiger partial charge on any atom is -0.381 e. The van der Waals surface area contributed by atoms with Crippen LogP contribution in [0.5, 0.6) is 0 Å².